The number of nitrogens with zero attached hydrogens (tertiary/aromatic N) is 6. The molecule has 8 heteroatoms. The van der Waals surface area contributed by atoms with Crippen molar-refractivity contribution < 1.29 is 9.59 Å². The predicted octanol–water partition coefficient (Wildman–Crippen LogP) is 3.64. The van der Waals surface area contributed by atoms with Crippen molar-refractivity contribution in [2.75, 3.05) is 0 Å². The van der Waals surface area contributed by atoms with E-state index in [0.29, 0.717) is 19.3 Å². The van der Waals surface area contributed by atoms with Gasteiger partial charge in [0.1, 0.15) is 0 Å². The number of rotatable bonds is 8. The van der Waals surface area contributed by atoms with Crippen molar-refractivity contribution in [2.24, 2.45) is 16.1 Å². The highest BCUT2D eigenvalue weighted by Gasteiger charge is 2.16. The molecule has 0 aromatic carbocycles. The van der Waals surface area contributed by atoms with Gasteiger partial charge in [-0.3, -0.25) is 9.59 Å². The Labute approximate surface area is 105 Å². The van der Waals surface area contributed by atoms with Crippen LogP contribution in [0.4, 0.5) is 0 Å². The molecule has 2 amide bonds. The first kappa shape index (κ1) is 16.0. The van der Waals surface area contributed by atoms with E-state index >= 15 is 0 Å². The number of carbonyl (C=O) groups is 2. The van der Waals surface area contributed by atoms with Crippen LogP contribution < -0.4 is 0 Å². The van der Waals surface area contributed by atoms with E-state index in [1.807, 2.05) is 6.92 Å². The second-order valence-electron chi connectivity index (χ2n) is 3.84. The molecule has 1 atom stereocenters. The van der Waals surface area contributed by atoms with Crippen molar-refractivity contribution in [3.05, 3.63) is 20.9 Å². The summed E-state index contributed by atoms with van der Waals surface area (Å²) in [4.78, 5) is 27.3. The summed E-state index contributed by atoms with van der Waals surface area (Å²) in [6.07, 6.45) is 3.46. The van der Waals surface area contributed by atoms with Crippen molar-refractivity contribution in [3.63, 3.8) is 0 Å². The molecule has 8 nitrogen and oxygen atoms in total. The lowest BCUT2D eigenvalue weighted by molar-refractivity contribution is -0.123. The second kappa shape index (κ2) is 10.1. The Morgan fingerprint density at radius 2 is 1.72 bits per heavy atom. The van der Waals surface area contributed by atoms with Crippen LogP contribution in [0.25, 0.3) is 20.9 Å². The van der Waals surface area contributed by atoms with Crippen molar-refractivity contribution >= 4 is 11.8 Å². The van der Waals surface area contributed by atoms with Crippen LogP contribution in [0.2, 0.25) is 0 Å². The van der Waals surface area contributed by atoms with Crippen molar-refractivity contribution in [1.29, 1.82) is 0 Å². The van der Waals surface area contributed by atoms with Crippen LogP contribution in [0.5, 0.6) is 0 Å². The van der Waals surface area contributed by atoms with E-state index in [0.717, 1.165) is 12.8 Å². The first-order valence-corrected chi connectivity index (χ1v) is 5.82. The summed E-state index contributed by atoms with van der Waals surface area (Å²) in [5.41, 5.74) is 16.3. The van der Waals surface area contributed by atoms with Gasteiger partial charge in [0.15, 0.2) is 0 Å². The summed E-state index contributed by atoms with van der Waals surface area (Å²) in [6, 6.07) is 0. The molecule has 0 aromatic rings. The fourth-order valence-corrected chi connectivity index (χ4v) is 1.57. The van der Waals surface area contributed by atoms with Gasteiger partial charge in [-0.05, 0) is 40.6 Å². The maximum Gasteiger partial charge on any atom is 0.222 e. The summed E-state index contributed by atoms with van der Waals surface area (Å²) in [5, 5.41) is 6.03. The zero-order valence-electron chi connectivity index (χ0n) is 10.3. The minimum Gasteiger partial charge on any atom is -0.293 e. The van der Waals surface area contributed by atoms with Gasteiger partial charge >= 0.3 is 0 Å². The standard InChI is InChI=1S/C10H16N6O2/c1-2-3-5-8(10(18)14-16-12)6-4-7-9(17)13-15-11/h8H,2-7H2,1H3. The van der Waals surface area contributed by atoms with Crippen LogP contribution in [0.3, 0.4) is 0 Å². The quantitative estimate of drug-likeness (QED) is 0.370. The topological polar surface area (TPSA) is 132 Å². The number of unbranched alkanes of at least 4 members (excludes halogenated alkanes) is 1. The minimum absolute atomic E-state index is 0.107. The van der Waals surface area contributed by atoms with Gasteiger partial charge in [-0.1, -0.05) is 19.8 Å². The molecule has 0 spiro atoms. The smallest absolute Gasteiger partial charge is 0.222 e. The van der Waals surface area contributed by atoms with Gasteiger partial charge < -0.3 is 0 Å². The molecule has 0 aliphatic heterocycles. The minimum atomic E-state index is -0.539. The molecule has 0 radical (unpaired) electrons. The summed E-state index contributed by atoms with van der Waals surface area (Å²) in [5.74, 6) is -1.37. The predicted molar refractivity (Wildman–Crippen MR) is 65.2 cm³/mol. The molecule has 0 rings (SSSR count). The van der Waals surface area contributed by atoms with Crippen LogP contribution in [0, 0.1) is 5.92 Å². The Hall–Kier alpha value is -2.04. The SMILES string of the molecule is CCCCC(CCCC(=O)N=[N+]=[N-])C(=O)N=[N+]=[N-]. The van der Waals surface area contributed by atoms with E-state index in [2.05, 4.69) is 20.1 Å². The van der Waals surface area contributed by atoms with Gasteiger partial charge in [-0.15, -0.1) is 0 Å². The Balaban J connectivity index is 4.23. The van der Waals surface area contributed by atoms with Gasteiger partial charge in [-0.25, -0.2) is 0 Å². The van der Waals surface area contributed by atoms with E-state index in [-0.39, 0.29) is 12.3 Å². The number of hydrogen-bond donors (Lipinski definition) is 0. The lowest BCUT2D eigenvalue weighted by Crippen LogP contribution is -2.12. The Morgan fingerprint density at radius 1 is 1.11 bits per heavy atom. The lowest BCUT2D eigenvalue weighted by Gasteiger charge is -2.11. The zero-order valence-corrected chi connectivity index (χ0v) is 10.3. The number of azide groups is 2. The van der Waals surface area contributed by atoms with Crippen LogP contribution in [-0.4, -0.2) is 11.8 Å². The molecule has 0 heterocycles. The molecule has 18 heavy (non-hydrogen) atoms. The molecule has 0 saturated carbocycles. The normalized spacial score (nSPS) is 10.9. The molecule has 0 saturated heterocycles. The molecule has 1 unspecified atom stereocenters. The van der Waals surface area contributed by atoms with E-state index in [1.54, 1.807) is 0 Å². The Morgan fingerprint density at radius 3 is 2.28 bits per heavy atom. The molecular weight excluding hydrogens is 236 g/mol. The van der Waals surface area contributed by atoms with Crippen LogP contribution >= 0.6 is 0 Å². The van der Waals surface area contributed by atoms with Gasteiger partial charge in [0, 0.05) is 22.2 Å². The zero-order chi connectivity index (χ0) is 13.8. The molecule has 0 fully saturated rings. The Kier molecular flexibility index (Phi) is 8.99. The second-order valence-corrected chi connectivity index (χ2v) is 3.84. The maximum absolute atomic E-state index is 11.5. The molecule has 98 valence electrons. The van der Waals surface area contributed by atoms with E-state index < -0.39 is 11.8 Å². The summed E-state index contributed by atoms with van der Waals surface area (Å²) in [6.45, 7) is 2.00. The highest BCUT2D eigenvalue weighted by atomic mass is 16.2. The third kappa shape index (κ3) is 7.27. The van der Waals surface area contributed by atoms with E-state index in [9.17, 15) is 9.59 Å². The van der Waals surface area contributed by atoms with Crippen molar-refractivity contribution in [2.45, 2.75) is 45.4 Å². The van der Waals surface area contributed by atoms with Crippen molar-refractivity contribution in [1.82, 2.24) is 0 Å². The monoisotopic (exact) mass is 252 g/mol. The van der Waals surface area contributed by atoms with Crippen LogP contribution in [0.1, 0.15) is 45.4 Å². The Bertz CT molecular complexity index is 382. The third-order valence-electron chi connectivity index (χ3n) is 2.50. The summed E-state index contributed by atoms with van der Waals surface area (Å²) in [7, 11) is 0. The largest absolute Gasteiger partial charge is 0.293 e. The maximum atomic E-state index is 11.5. The average molecular weight is 252 g/mol. The van der Waals surface area contributed by atoms with E-state index in [4.69, 9.17) is 11.1 Å². The number of amides is 2. The van der Waals surface area contributed by atoms with Crippen LogP contribution in [-0.2, 0) is 9.59 Å². The molecule has 0 N–H and O–H groups in total. The first-order chi connectivity index (χ1) is 8.65. The summed E-state index contributed by atoms with van der Waals surface area (Å²) < 4.78 is 0. The van der Waals surface area contributed by atoms with Gasteiger partial charge in [0.25, 0.3) is 0 Å². The highest BCUT2D eigenvalue weighted by molar-refractivity contribution is 5.79. The van der Waals surface area contributed by atoms with Crippen molar-refractivity contribution in [3.8, 4) is 0 Å². The fourth-order valence-electron chi connectivity index (χ4n) is 1.57. The fraction of sp³-hybridized carbons (Fsp3) is 0.800. The van der Waals surface area contributed by atoms with Crippen LogP contribution in [0.15, 0.2) is 10.2 Å². The molecule has 0 bridgehead atoms. The molecule has 0 aliphatic rings. The molecular formula is C10H16N6O2. The number of carbonyl (C=O) groups excluding carboxylic acids is 2. The molecule has 0 aliphatic carbocycles. The lowest BCUT2D eigenvalue weighted by atomic mass is 9.95. The van der Waals surface area contributed by atoms with E-state index in [1.165, 1.54) is 0 Å². The average Bonchev–Trinajstić information content (AvgIpc) is 2.34. The van der Waals surface area contributed by atoms with Gasteiger partial charge in [0.05, 0.1) is 0 Å². The van der Waals surface area contributed by atoms with Gasteiger partial charge in [-0.2, -0.15) is 0 Å². The first-order valence-electron chi connectivity index (χ1n) is 5.82. The highest BCUT2D eigenvalue weighted by Crippen LogP contribution is 2.18. The summed E-state index contributed by atoms with van der Waals surface area (Å²) >= 11 is 0. The van der Waals surface area contributed by atoms with Gasteiger partial charge in [0.2, 0.25) is 11.8 Å². The third-order valence-corrected chi connectivity index (χ3v) is 2.50. The molecule has 0 aromatic heterocycles. The number of hydrogen-bond acceptors (Lipinski definition) is 2.